The predicted octanol–water partition coefficient (Wildman–Crippen LogP) is 4.76. The van der Waals surface area contributed by atoms with Crippen molar-refractivity contribution in [3.05, 3.63) is 64.1 Å². The van der Waals surface area contributed by atoms with Crippen LogP contribution in [0.1, 0.15) is 53.4 Å². The van der Waals surface area contributed by atoms with Crippen LogP contribution in [-0.4, -0.2) is 28.5 Å². The molecule has 1 aromatic carbocycles. The minimum atomic E-state index is -1.06. The molecule has 1 atom stereocenters. The quantitative estimate of drug-likeness (QED) is 0.444. The smallest absolute Gasteiger partial charge is 0.336 e. The highest BCUT2D eigenvalue weighted by Crippen LogP contribution is 2.20. The lowest BCUT2D eigenvalue weighted by Crippen LogP contribution is -2.35. The molecule has 29 heavy (non-hydrogen) atoms. The molecule has 0 aliphatic heterocycles. The topological polar surface area (TPSA) is 79.9 Å². The van der Waals surface area contributed by atoms with Gasteiger partial charge in [0.1, 0.15) is 17.9 Å². The van der Waals surface area contributed by atoms with Crippen molar-refractivity contribution in [1.29, 1.82) is 0 Å². The Hall–Kier alpha value is -2.37. The summed E-state index contributed by atoms with van der Waals surface area (Å²) in [6.07, 6.45) is 6.70. The molecule has 1 heterocycles. The first-order chi connectivity index (χ1) is 13.6. The van der Waals surface area contributed by atoms with Gasteiger partial charge in [-0.2, -0.15) is 0 Å². The Kier molecular flexibility index (Phi) is 8.23. The van der Waals surface area contributed by atoms with Gasteiger partial charge in [0.2, 0.25) is 0 Å². The van der Waals surface area contributed by atoms with Gasteiger partial charge in [0.05, 0.1) is 11.7 Å². The summed E-state index contributed by atoms with van der Waals surface area (Å²) in [6.45, 7) is 7.83. The Labute approximate surface area is 172 Å². The van der Waals surface area contributed by atoms with Gasteiger partial charge in [-0.05, 0) is 77.7 Å². The van der Waals surface area contributed by atoms with Crippen LogP contribution in [-0.2, 0) is 0 Å². The van der Waals surface area contributed by atoms with Gasteiger partial charge >= 0.3 is 5.63 Å². The van der Waals surface area contributed by atoms with Crippen LogP contribution in [0.15, 0.2) is 62.8 Å². The summed E-state index contributed by atoms with van der Waals surface area (Å²) >= 11 is 0. The minimum Gasteiger partial charge on any atom is -0.489 e. The second-order valence-corrected chi connectivity index (χ2v) is 8.11. The van der Waals surface area contributed by atoms with Crippen LogP contribution in [0.4, 0.5) is 0 Å². The lowest BCUT2D eigenvalue weighted by molar-refractivity contribution is -0.0509. The van der Waals surface area contributed by atoms with Crippen molar-refractivity contribution in [1.82, 2.24) is 0 Å². The van der Waals surface area contributed by atoms with Gasteiger partial charge in [0, 0.05) is 17.5 Å². The van der Waals surface area contributed by atoms with Crippen molar-refractivity contribution in [2.45, 2.75) is 65.1 Å². The summed E-state index contributed by atoms with van der Waals surface area (Å²) in [6, 6.07) is 8.59. The van der Waals surface area contributed by atoms with Gasteiger partial charge in [-0.3, -0.25) is 0 Å². The molecule has 1 unspecified atom stereocenters. The van der Waals surface area contributed by atoms with Crippen LogP contribution < -0.4 is 10.4 Å². The Balaban J connectivity index is 1.76. The van der Waals surface area contributed by atoms with Gasteiger partial charge in [-0.25, -0.2) is 4.79 Å². The third kappa shape index (κ3) is 7.87. The number of hydrogen-bond acceptors (Lipinski definition) is 5. The highest BCUT2D eigenvalue weighted by molar-refractivity contribution is 5.77. The molecule has 0 aliphatic carbocycles. The third-order valence-electron chi connectivity index (χ3n) is 4.94. The van der Waals surface area contributed by atoms with Gasteiger partial charge in [-0.1, -0.05) is 17.2 Å². The van der Waals surface area contributed by atoms with Crippen molar-refractivity contribution in [2.24, 2.45) is 0 Å². The van der Waals surface area contributed by atoms with E-state index in [1.54, 1.807) is 26.0 Å². The summed E-state index contributed by atoms with van der Waals surface area (Å²) in [5.74, 6) is 0.664. The predicted molar refractivity (Wildman–Crippen MR) is 116 cm³/mol. The van der Waals surface area contributed by atoms with Crippen LogP contribution in [0.25, 0.3) is 11.0 Å². The average Bonchev–Trinajstić information content (AvgIpc) is 2.65. The summed E-state index contributed by atoms with van der Waals surface area (Å²) < 4.78 is 10.9. The zero-order valence-corrected chi connectivity index (χ0v) is 17.8. The monoisotopic (exact) mass is 400 g/mol. The van der Waals surface area contributed by atoms with Crippen LogP contribution >= 0.6 is 0 Å². The first-order valence-electron chi connectivity index (χ1n) is 10.0. The Bertz CT molecular complexity index is 915. The molecule has 0 saturated carbocycles. The lowest BCUT2D eigenvalue weighted by Gasteiger charge is -2.24. The molecule has 5 heteroatoms. The number of benzene rings is 1. The first kappa shape index (κ1) is 22.9. The van der Waals surface area contributed by atoms with E-state index in [2.05, 4.69) is 19.9 Å². The van der Waals surface area contributed by atoms with E-state index in [1.807, 2.05) is 18.2 Å². The number of aliphatic hydroxyl groups excluding tert-OH is 1. The number of fused-ring (bicyclic) bond motifs is 1. The number of ether oxygens (including phenoxy) is 1. The second-order valence-electron chi connectivity index (χ2n) is 8.11. The molecule has 5 nitrogen and oxygen atoms in total. The molecule has 0 amide bonds. The fourth-order valence-electron chi connectivity index (χ4n) is 2.88. The minimum absolute atomic E-state index is 0.372. The molecular weight excluding hydrogens is 368 g/mol. The Morgan fingerprint density at radius 1 is 1.14 bits per heavy atom. The highest BCUT2D eigenvalue weighted by atomic mass is 16.5. The lowest BCUT2D eigenvalue weighted by atomic mass is 9.95. The highest BCUT2D eigenvalue weighted by Gasteiger charge is 2.23. The van der Waals surface area contributed by atoms with E-state index in [4.69, 9.17) is 9.15 Å². The van der Waals surface area contributed by atoms with Crippen molar-refractivity contribution in [3.63, 3.8) is 0 Å². The SMILES string of the molecule is CC(=CCOc1ccc2ccc(=O)oc2c1)CCC=C(C)CCC(O)C(C)(C)O. The zero-order chi connectivity index (χ0) is 21.4. The van der Waals surface area contributed by atoms with E-state index < -0.39 is 11.7 Å². The molecule has 2 rings (SSSR count). The molecule has 2 aromatic rings. The number of aliphatic hydroxyl groups is 2. The van der Waals surface area contributed by atoms with E-state index >= 15 is 0 Å². The zero-order valence-electron chi connectivity index (χ0n) is 17.8. The van der Waals surface area contributed by atoms with Crippen LogP contribution in [0.2, 0.25) is 0 Å². The first-order valence-corrected chi connectivity index (χ1v) is 10.0. The average molecular weight is 401 g/mol. The molecule has 0 radical (unpaired) electrons. The normalized spacial score (nSPS) is 14.3. The van der Waals surface area contributed by atoms with Gasteiger partial charge in [0.15, 0.2) is 0 Å². The van der Waals surface area contributed by atoms with E-state index in [0.29, 0.717) is 24.4 Å². The summed E-state index contributed by atoms with van der Waals surface area (Å²) in [5.41, 5.74) is 1.54. The second kappa shape index (κ2) is 10.4. The molecule has 0 saturated heterocycles. The third-order valence-corrected chi connectivity index (χ3v) is 4.94. The van der Waals surface area contributed by atoms with Crippen LogP contribution in [0.3, 0.4) is 0 Å². The summed E-state index contributed by atoms with van der Waals surface area (Å²) in [4.78, 5) is 11.3. The van der Waals surface area contributed by atoms with Crippen molar-refractivity contribution >= 4 is 11.0 Å². The summed E-state index contributed by atoms with van der Waals surface area (Å²) in [5, 5.41) is 20.5. The molecule has 2 N–H and O–H groups in total. The van der Waals surface area contributed by atoms with Crippen molar-refractivity contribution < 1.29 is 19.4 Å². The molecule has 1 aromatic heterocycles. The van der Waals surface area contributed by atoms with Crippen molar-refractivity contribution in [3.8, 4) is 5.75 Å². The fraction of sp³-hybridized carbons (Fsp3) is 0.458. The van der Waals surface area contributed by atoms with Gasteiger partial charge in [0.25, 0.3) is 0 Å². The maximum Gasteiger partial charge on any atom is 0.336 e. The molecule has 0 spiro atoms. The van der Waals surface area contributed by atoms with Gasteiger partial charge in [-0.15, -0.1) is 0 Å². The van der Waals surface area contributed by atoms with E-state index in [1.165, 1.54) is 17.2 Å². The maximum absolute atomic E-state index is 11.3. The Morgan fingerprint density at radius 3 is 2.55 bits per heavy atom. The molecule has 0 bridgehead atoms. The molecule has 158 valence electrons. The standard InChI is InChI=1S/C24H32O5/c1-17(8-12-22(25)24(3,4)27)6-5-7-18(2)14-15-28-20-11-9-19-10-13-23(26)29-21(19)16-20/h6,9-11,13-14,16,22,25,27H,5,7-8,12,15H2,1-4H3. The number of hydrogen-bond donors (Lipinski definition) is 2. The molecule has 0 aliphatic rings. The van der Waals surface area contributed by atoms with E-state index in [0.717, 1.165) is 24.6 Å². The summed E-state index contributed by atoms with van der Waals surface area (Å²) in [7, 11) is 0. The fourth-order valence-corrected chi connectivity index (χ4v) is 2.88. The Morgan fingerprint density at radius 2 is 1.83 bits per heavy atom. The maximum atomic E-state index is 11.3. The van der Waals surface area contributed by atoms with Crippen LogP contribution in [0.5, 0.6) is 5.75 Å². The van der Waals surface area contributed by atoms with Crippen LogP contribution in [0, 0.1) is 0 Å². The van der Waals surface area contributed by atoms with E-state index in [-0.39, 0.29) is 5.63 Å². The number of allylic oxidation sites excluding steroid dienone is 3. The van der Waals surface area contributed by atoms with E-state index in [9.17, 15) is 15.0 Å². The molecular formula is C24H32O5. The van der Waals surface area contributed by atoms with Gasteiger partial charge < -0.3 is 19.4 Å². The number of rotatable bonds is 10. The largest absolute Gasteiger partial charge is 0.489 e. The molecule has 0 fully saturated rings. The van der Waals surface area contributed by atoms with Crippen molar-refractivity contribution in [2.75, 3.05) is 6.61 Å².